The molecular weight excluding hydrogens is 602 g/mol. The molecule has 228 valence electrons. The number of nitrogens with two attached hydrogens (primary N) is 2. The van der Waals surface area contributed by atoms with Gasteiger partial charge in [0.2, 0.25) is 5.91 Å². The van der Waals surface area contributed by atoms with Crippen LogP contribution in [0.3, 0.4) is 0 Å². The molecule has 0 fully saturated rings. The molecule has 4 rings (SSSR count). The van der Waals surface area contributed by atoms with Crippen LogP contribution in [-0.4, -0.2) is 40.4 Å². The Morgan fingerprint density at radius 1 is 1.09 bits per heavy atom. The summed E-state index contributed by atoms with van der Waals surface area (Å²) in [7, 11) is 1.31. The molecule has 1 heterocycles. The summed E-state index contributed by atoms with van der Waals surface area (Å²) in [6, 6.07) is 18.8. The Kier molecular flexibility index (Phi) is 10.3. The maximum atomic E-state index is 13.7. The van der Waals surface area contributed by atoms with Gasteiger partial charge in [-0.1, -0.05) is 53.7 Å². The van der Waals surface area contributed by atoms with Gasteiger partial charge in [0.05, 0.1) is 18.4 Å². The number of carbonyl (C=O) groups is 2. The lowest BCUT2D eigenvalue weighted by molar-refractivity contribution is -0.121. The molecule has 0 atom stereocenters. The first-order valence-corrected chi connectivity index (χ1v) is 14.7. The van der Waals surface area contributed by atoms with E-state index in [9.17, 15) is 14.4 Å². The van der Waals surface area contributed by atoms with Crippen molar-refractivity contribution in [3.63, 3.8) is 0 Å². The largest absolute Gasteiger partial charge is 0.465 e. The molecule has 0 radical (unpaired) electrons. The van der Waals surface area contributed by atoms with E-state index in [1.807, 2.05) is 19.9 Å². The van der Waals surface area contributed by atoms with Crippen LogP contribution in [0.25, 0.3) is 11.3 Å². The Hall–Kier alpha value is -4.81. The summed E-state index contributed by atoms with van der Waals surface area (Å²) < 4.78 is 6.12. The van der Waals surface area contributed by atoms with Crippen LogP contribution in [-0.2, 0) is 22.6 Å². The lowest BCUT2D eigenvalue weighted by Gasteiger charge is -2.19. The smallest absolute Gasteiger partial charge is 0.337 e. The Labute approximate surface area is 263 Å². The number of carbonyl (C=O) groups excluding carboxylic acids is 2. The van der Waals surface area contributed by atoms with E-state index in [0.29, 0.717) is 27.3 Å². The van der Waals surface area contributed by atoms with Gasteiger partial charge in [-0.2, -0.15) is 0 Å². The number of nitrogens with zero attached hydrogens (tertiary/aromatic N) is 2. The second kappa shape index (κ2) is 14.1. The standard InChI is InChI=1S/C31H32ClN7O4S/c1-17(2)37-29-30(41)39(16-25(40)36-15-18-7-9-19(10-8-18)28(34)35)26(27(32)38-29)23-14-21(33)11-12-24(23)44-22-6-4-5-20(13-22)31(42)43-3/h4-14,17H,15-16,33H2,1-3H3,(H3,34,35)(H,36,40)(H,37,38). The van der Waals surface area contributed by atoms with Gasteiger partial charge in [0.15, 0.2) is 11.0 Å². The van der Waals surface area contributed by atoms with E-state index in [1.165, 1.54) is 23.4 Å². The van der Waals surface area contributed by atoms with Gasteiger partial charge >= 0.3 is 5.97 Å². The van der Waals surface area contributed by atoms with Crippen molar-refractivity contribution in [2.45, 2.75) is 42.8 Å². The number of ether oxygens (including phenoxy) is 1. The molecular formula is C31H32ClN7O4S. The molecule has 0 bridgehead atoms. The Morgan fingerprint density at radius 2 is 1.82 bits per heavy atom. The first-order valence-electron chi connectivity index (χ1n) is 13.5. The minimum Gasteiger partial charge on any atom is -0.465 e. The Bertz CT molecular complexity index is 1770. The second-order valence-corrected chi connectivity index (χ2v) is 11.5. The number of esters is 1. The van der Waals surface area contributed by atoms with Crippen LogP contribution >= 0.6 is 23.4 Å². The fraction of sp³-hybridized carbons (Fsp3) is 0.194. The van der Waals surface area contributed by atoms with Crippen molar-refractivity contribution in [2.75, 3.05) is 18.2 Å². The van der Waals surface area contributed by atoms with Crippen molar-refractivity contribution in [2.24, 2.45) is 5.73 Å². The predicted molar refractivity (Wildman–Crippen MR) is 173 cm³/mol. The van der Waals surface area contributed by atoms with Crippen LogP contribution in [0, 0.1) is 5.41 Å². The molecule has 4 aromatic rings. The molecule has 44 heavy (non-hydrogen) atoms. The maximum Gasteiger partial charge on any atom is 0.337 e. The average Bonchev–Trinajstić information content (AvgIpc) is 2.99. The zero-order valence-corrected chi connectivity index (χ0v) is 25.9. The van der Waals surface area contributed by atoms with Crippen LogP contribution in [0.5, 0.6) is 0 Å². The summed E-state index contributed by atoms with van der Waals surface area (Å²) >= 11 is 8.07. The highest BCUT2D eigenvalue weighted by molar-refractivity contribution is 7.99. The summed E-state index contributed by atoms with van der Waals surface area (Å²) in [4.78, 5) is 44.8. The summed E-state index contributed by atoms with van der Waals surface area (Å²) in [6.45, 7) is 3.54. The highest BCUT2D eigenvalue weighted by Gasteiger charge is 2.22. The summed E-state index contributed by atoms with van der Waals surface area (Å²) in [6.07, 6.45) is 0. The van der Waals surface area contributed by atoms with Gasteiger partial charge < -0.3 is 26.8 Å². The number of amidine groups is 1. The number of nitrogens with one attached hydrogen (secondary N) is 3. The number of benzene rings is 3. The number of hydrogen-bond donors (Lipinski definition) is 5. The molecule has 0 saturated carbocycles. The van der Waals surface area contributed by atoms with Crippen molar-refractivity contribution in [3.8, 4) is 11.3 Å². The average molecular weight is 634 g/mol. The van der Waals surface area contributed by atoms with Gasteiger partial charge in [-0.25, -0.2) is 9.78 Å². The van der Waals surface area contributed by atoms with Crippen molar-refractivity contribution < 1.29 is 14.3 Å². The lowest BCUT2D eigenvalue weighted by Crippen LogP contribution is -2.35. The molecule has 0 saturated heterocycles. The molecule has 0 unspecified atom stereocenters. The molecule has 0 aliphatic heterocycles. The van der Waals surface area contributed by atoms with Crippen molar-refractivity contribution >= 4 is 52.6 Å². The molecule has 13 heteroatoms. The molecule has 7 N–H and O–H groups in total. The van der Waals surface area contributed by atoms with Gasteiger partial charge in [0, 0.05) is 39.2 Å². The Morgan fingerprint density at radius 3 is 2.48 bits per heavy atom. The fourth-order valence-corrected chi connectivity index (χ4v) is 5.55. The zero-order valence-electron chi connectivity index (χ0n) is 24.3. The maximum absolute atomic E-state index is 13.7. The topological polar surface area (TPSA) is 178 Å². The van der Waals surface area contributed by atoms with E-state index < -0.39 is 17.4 Å². The number of anilines is 2. The minimum absolute atomic E-state index is 0.00358. The van der Waals surface area contributed by atoms with Gasteiger partial charge in [0.1, 0.15) is 12.4 Å². The van der Waals surface area contributed by atoms with Gasteiger partial charge in [-0.3, -0.25) is 19.6 Å². The summed E-state index contributed by atoms with van der Waals surface area (Å²) in [5.74, 6) is -0.959. The van der Waals surface area contributed by atoms with E-state index in [-0.39, 0.29) is 41.6 Å². The quantitative estimate of drug-likeness (QED) is 0.0688. The summed E-state index contributed by atoms with van der Waals surface area (Å²) in [5, 5.41) is 13.4. The number of aromatic nitrogens is 2. The first-order chi connectivity index (χ1) is 21.0. The third-order valence-corrected chi connectivity index (χ3v) is 7.68. The highest BCUT2D eigenvalue weighted by atomic mass is 35.5. The third kappa shape index (κ3) is 7.77. The van der Waals surface area contributed by atoms with Gasteiger partial charge in [0.25, 0.3) is 5.56 Å². The second-order valence-electron chi connectivity index (χ2n) is 10.1. The number of rotatable bonds is 11. The molecule has 1 aromatic heterocycles. The number of nitrogen functional groups attached to an aromatic ring is 2. The minimum atomic E-state index is -0.537. The highest BCUT2D eigenvalue weighted by Crippen LogP contribution is 2.39. The van der Waals surface area contributed by atoms with E-state index >= 15 is 0 Å². The molecule has 3 aromatic carbocycles. The number of methoxy groups -OCH3 is 1. The van der Waals surface area contributed by atoms with Gasteiger partial charge in [-0.05, 0) is 55.8 Å². The van der Waals surface area contributed by atoms with Crippen LogP contribution < -0.4 is 27.7 Å². The van der Waals surface area contributed by atoms with Crippen LogP contribution in [0.4, 0.5) is 11.5 Å². The normalized spacial score (nSPS) is 10.8. The van der Waals surface area contributed by atoms with E-state index in [1.54, 1.807) is 60.7 Å². The first kappa shape index (κ1) is 32.1. The SMILES string of the molecule is COC(=O)c1cccc(Sc2ccc(N)cc2-c2c(Cl)nc(NC(C)C)c(=O)n2CC(=O)NCc2ccc(C(=N)N)cc2)c1. The van der Waals surface area contributed by atoms with Crippen LogP contribution in [0.1, 0.15) is 35.3 Å². The molecule has 11 nitrogen and oxygen atoms in total. The van der Waals surface area contributed by atoms with Crippen molar-refractivity contribution in [1.29, 1.82) is 5.41 Å². The fourth-order valence-electron chi connectivity index (χ4n) is 4.27. The number of halogens is 1. The molecule has 0 aliphatic carbocycles. The van der Waals surface area contributed by atoms with E-state index in [2.05, 4.69) is 15.6 Å². The van der Waals surface area contributed by atoms with Crippen molar-refractivity contribution in [3.05, 3.63) is 98.9 Å². The summed E-state index contributed by atoms with van der Waals surface area (Å²) in [5.41, 5.74) is 14.0. The number of hydrogen-bond acceptors (Lipinski definition) is 9. The van der Waals surface area contributed by atoms with Gasteiger partial charge in [-0.15, -0.1) is 0 Å². The molecule has 0 spiro atoms. The van der Waals surface area contributed by atoms with Crippen LogP contribution in [0.2, 0.25) is 5.15 Å². The van der Waals surface area contributed by atoms with Crippen molar-refractivity contribution in [1.82, 2.24) is 14.9 Å². The van der Waals surface area contributed by atoms with E-state index in [4.69, 9.17) is 33.2 Å². The lowest BCUT2D eigenvalue weighted by atomic mass is 10.1. The zero-order chi connectivity index (χ0) is 32.0. The van der Waals surface area contributed by atoms with Crippen LogP contribution in [0.15, 0.2) is 81.3 Å². The molecule has 0 aliphatic rings. The van der Waals surface area contributed by atoms with E-state index in [0.717, 1.165) is 10.5 Å². The monoisotopic (exact) mass is 633 g/mol. The number of amides is 1. The predicted octanol–water partition coefficient (Wildman–Crippen LogP) is 4.50. The third-order valence-electron chi connectivity index (χ3n) is 6.35. The Balaban J connectivity index is 1.74. The molecule has 1 amide bonds.